The van der Waals surface area contributed by atoms with Gasteiger partial charge in [-0.25, -0.2) is 8.42 Å². The Bertz CT molecular complexity index is 959. The van der Waals surface area contributed by atoms with Crippen LogP contribution in [0.25, 0.3) is 0 Å². The molecule has 2 aromatic rings. The predicted octanol–water partition coefficient (Wildman–Crippen LogP) is 2.36. The maximum absolute atomic E-state index is 12.5. The summed E-state index contributed by atoms with van der Waals surface area (Å²) in [5.41, 5.74) is 0.928. The summed E-state index contributed by atoms with van der Waals surface area (Å²) >= 11 is 0. The number of rotatable bonds is 6. The minimum atomic E-state index is -3.47. The van der Waals surface area contributed by atoms with Crippen molar-refractivity contribution in [1.29, 1.82) is 5.26 Å². The third kappa shape index (κ3) is 4.64. The van der Waals surface area contributed by atoms with E-state index >= 15 is 0 Å². The maximum atomic E-state index is 12.5. The van der Waals surface area contributed by atoms with Gasteiger partial charge in [-0.1, -0.05) is 6.07 Å². The number of amides is 1. The topological polar surface area (TPSA) is 99.5 Å². The molecule has 0 atom stereocenters. The largest absolute Gasteiger partial charge is 0.484 e. The van der Waals surface area contributed by atoms with Crippen molar-refractivity contribution in [3.8, 4) is 11.8 Å². The van der Waals surface area contributed by atoms with Crippen molar-refractivity contribution in [2.24, 2.45) is 0 Å². The molecular formula is C19H19N3O4S. The second kappa shape index (κ2) is 8.20. The fourth-order valence-corrected chi connectivity index (χ4v) is 4.31. The number of hydrogen-bond donors (Lipinski definition) is 1. The number of anilines is 1. The van der Waals surface area contributed by atoms with Gasteiger partial charge in [-0.15, -0.1) is 0 Å². The van der Waals surface area contributed by atoms with Gasteiger partial charge in [0.1, 0.15) is 5.75 Å². The molecule has 140 valence electrons. The van der Waals surface area contributed by atoms with Gasteiger partial charge in [0.2, 0.25) is 10.0 Å². The molecule has 1 N–H and O–H groups in total. The highest BCUT2D eigenvalue weighted by atomic mass is 32.2. The Morgan fingerprint density at radius 1 is 1.15 bits per heavy atom. The van der Waals surface area contributed by atoms with E-state index in [9.17, 15) is 13.2 Å². The first-order chi connectivity index (χ1) is 13.0. The normalized spacial score (nSPS) is 14.5. The van der Waals surface area contributed by atoms with Crippen LogP contribution in [0.1, 0.15) is 18.4 Å². The molecule has 0 bridgehead atoms. The van der Waals surface area contributed by atoms with Crippen molar-refractivity contribution in [2.75, 3.05) is 25.0 Å². The van der Waals surface area contributed by atoms with Gasteiger partial charge in [-0.2, -0.15) is 9.57 Å². The monoisotopic (exact) mass is 385 g/mol. The summed E-state index contributed by atoms with van der Waals surface area (Å²) in [5, 5.41) is 11.5. The molecule has 8 heteroatoms. The molecule has 2 aromatic carbocycles. The highest BCUT2D eigenvalue weighted by Crippen LogP contribution is 2.22. The van der Waals surface area contributed by atoms with Crippen molar-refractivity contribution in [1.82, 2.24) is 4.31 Å². The van der Waals surface area contributed by atoms with Crippen molar-refractivity contribution >= 4 is 21.6 Å². The summed E-state index contributed by atoms with van der Waals surface area (Å²) in [5.74, 6) is 0.0452. The molecule has 0 aromatic heterocycles. The summed E-state index contributed by atoms with van der Waals surface area (Å²) < 4.78 is 31.8. The average Bonchev–Trinajstić information content (AvgIpc) is 3.23. The van der Waals surface area contributed by atoms with E-state index < -0.39 is 10.0 Å². The molecule has 1 aliphatic rings. The predicted molar refractivity (Wildman–Crippen MR) is 99.7 cm³/mol. The van der Waals surface area contributed by atoms with Crippen LogP contribution in [-0.4, -0.2) is 38.3 Å². The van der Waals surface area contributed by atoms with Crippen molar-refractivity contribution in [3.05, 3.63) is 54.1 Å². The third-order valence-corrected chi connectivity index (χ3v) is 6.09. The molecule has 0 unspecified atom stereocenters. The zero-order chi connectivity index (χ0) is 19.3. The van der Waals surface area contributed by atoms with Crippen LogP contribution in [0.5, 0.6) is 5.75 Å². The highest BCUT2D eigenvalue weighted by Gasteiger charge is 2.26. The number of carbonyl (C=O) groups is 1. The van der Waals surface area contributed by atoms with Crippen molar-refractivity contribution in [3.63, 3.8) is 0 Å². The molecular weight excluding hydrogens is 366 g/mol. The summed E-state index contributed by atoms with van der Waals surface area (Å²) in [7, 11) is -3.47. The number of nitriles is 1. The second-order valence-corrected chi connectivity index (χ2v) is 8.05. The molecule has 27 heavy (non-hydrogen) atoms. The second-order valence-electron chi connectivity index (χ2n) is 6.11. The molecule has 1 amide bonds. The molecule has 7 nitrogen and oxygen atoms in total. The zero-order valence-electron chi connectivity index (χ0n) is 14.6. The van der Waals surface area contributed by atoms with Crippen LogP contribution in [0.2, 0.25) is 0 Å². The van der Waals surface area contributed by atoms with Gasteiger partial charge in [0, 0.05) is 18.8 Å². The molecule has 1 aliphatic heterocycles. The summed E-state index contributed by atoms with van der Waals surface area (Å²) in [4.78, 5) is 12.2. The summed E-state index contributed by atoms with van der Waals surface area (Å²) in [6, 6.07) is 14.6. The maximum Gasteiger partial charge on any atom is 0.262 e. The molecule has 1 heterocycles. The quantitative estimate of drug-likeness (QED) is 0.823. The number of ether oxygens (including phenoxy) is 1. The van der Waals surface area contributed by atoms with E-state index in [0.717, 1.165) is 12.8 Å². The SMILES string of the molecule is N#Cc1cccc(OCC(=O)Nc2ccc(S(=O)(=O)N3CCCC3)cc2)c1. The molecule has 0 radical (unpaired) electrons. The van der Waals surface area contributed by atoms with E-state index in [0.29, 0.717) is 30.1 Å². The van der Waals surface area contributed by atoms with E-state index in [4.69, 9.17) is 10.00 Å². The number of nitrogens with zero attached hydrogens (tertiary/aromatic N) is 2. The number of benzene rings is 2. The van der Waals surface area contributed by atoms with Crippen LogP contribution in [0, 0.1) is 11.3 Å². The third-order valence-electron chi connectivity index (χ3n) is 4.17. The van der Waals surface area contributed by atoms with Gasteiger partial charge in [-0.3, -0.25) is 4.79 Å². The molecule has 3 rings (SSSR count). The molecule has 0 aliphatic carbocycles. The highest BCUT2D eigenvalue weighted by molar-refractivity contribution is 7.89. The molecule has 1 saturated heterocycles. The van der Waals surface area contributed by atoms with Crippen molar-refractivity contribution < 1.29 is 17.9 Å². The van der Waals surface area contributed by atoms with Gasteiger partial charge >= 0.3 is 0 Å². The Balaban J connectivity index is 1.57. The Labute approximate surface area is 158 Å². The smallest absolute Gasteiger partial charge is 0.262 e. The van der Waals surface area contributed by atoms with E-state index in [-0.39, 0.29) is 17.4 Å². The number of sulfonamides is 1. The van der Waals surface area contributed by atoms with Crippen LogP contribution in [0.15, 0.2) is 53.4 Å². The standard InChI is InChI=1S/C19H19N3O4S/c20-13-15-4-3-5-17(12-15)26-14-19(23)21-16-6-8-18(9-7-16)27(24,25)22-10-1-2-11-22/h3-9,12H,1-2,10-11,14H2,(H,21,23). The zero-order valence-corrected chi connectivity index (χ0v) is 15.4. The minimum Gasteiger partial charge on any atom is -0.484 e. The van der Waals surface area contributed by atoms with Crippen LogP contribution in [0.4, 0.5) is 5.69 Å². The molecule has 1 fully saturated rings. The minimum absolute atomic E-state index is 0.215. The fourth-order valence-electron chi connectivity index (χ4n) is 2.79. The molecule has 0 spiro atoms. The Morgan fingerprint density at radius 3 is 2.52 bits per heavy atom. The first-order valence-electron chi connectivity index (χ1n) is 8.52. The number of carbonyl (C=O) groups excluding carboxylic acids is 1. The fraction of sp³-hybridized carbons (Fsp3) is 0.263. The Morgan fingerprint density at radius 2 is 1.85 bits per heavy atom. The van der Waals surface area contributed by atoms with Gasteiger partial charge < -0.3 is 10.1 Å². The van der Waals surface area contributed by atoms with E-state index in [1.165, 1.54) is 16.4 Å². The Hall–Kier alpha value is -2.89. The first kappa shape index (κ1) is 18.9. The lowest BCUT2D eigenvalue weighted by Gasteiger charge is -2.15. The lowest BCUT2D eigenvalue weighted by molar-refractivity contribution is -0.118. The van der Waals surface area contributed by atoms with E-state index in [1.54, 1.807) is 36.4 Å². The lowest BCUT2D eigenvalue weighted by atomic mass is 10.2. The Kier molecular flexibility index (Phi) is 5.74. The van der Waals surface area contributed by atoms with Crippen LogP contribution < -0.4 is 10.1 Å². The van der Waals surface area contributed by atoms with Gasteiger partial charge in [-0.05, 0) is 55.3 Å². The van der Waals surface area contributed by atoms with Gasteiger partial charge in [0.25, 0.3) is 5.91 Å². The number of nitrogens with one attached hydrogen (secondary N) is 1. The molecule has 0 saturated carbocycles. The first-order valence-corrected chi connectivity index (χ1v) is 9.96. The van der Waals surface area contributed by atoms with Crippen LogP contribution >= 0.6 is 0 Å². The summed E-state index contributed by atoms with van der Waals surface area (Å²) in [6.45, 7) is 0.874. The summed E-state index contributed by atoms with van der Waals surface area (Å²) in [6.07, 6.45) is 1.76. The average molecular weight is 385 g/mol. The van der Waals surface area contributed by atoms with E-state index in [2.05, 4.69) is 5.32 Å². The van der Waals surface area contributed by atoms with Crippen LogP contribution in [0.3, 0.4) is 0 Å². The van der Waals surface area contributed by atoms with Gasteiger partial charge in [0.05, 0.1) is 16.5 Å². The lowest BCUT2D eigenvalue weighted by Crippen LogP contribution is -2.27. The van der Waals surface area contributed by atoms with E-state index in [1.807, 2.05) is 6.07 Å². The van der Waals surface area contributed by atoms with Gasteiger partial charge in [0.15, 0.2) is 6.61 Å². The van der Waals surface area contributed by atoms with Crippen LogP contribution in [-0.2, 0) is 14.8 Å². The number of hydrogen-bond acceptors (Lipinski definition) is 5. The van der Waals surface area contributed by atoms with Crippen molar-refractivity contribution in [2.45, 2.75) is 17.7 Å².